The molecule has 1 saturated heterocycles. The largest absolute Gasteiger partial charge is 0.462 e. The summed E-state index contributed by atoms with van der Waals surface area (Å²) in [5.41, 5.74) is 3.08. The molecule has 2 aromatic heterocycles. The second-order valence-corrected chi connectivity index (χ2v) is 11.8. The monoisotopic (exact) mass is 623 g/mol. The number of nitrogens with one attached hydrogen (secondary N) is 1. The highest BCUT2D eigenvalue weighted by Crippen LogP contribution is 2.48. The number of anilines is 1. The number of hydrogen-bond acceptors (Lipinski definition) is 13. The minimum absolute atomic E-state index is 0.0244. The van der Waals surface area contributed by atoms with Gasteiger partial charge in [0.25, 0.3) is 0 Å². The molecule has 0 aliphatic carbocycles. The lowest BCUT2D eigenvalue weighted by molar-refractivity contribution is -0.147. The molecular weight excluding hydrogens is 585 g/mol. The van der Waals surface area contributed by atoms with Crippen LogP contribution in [0.15, 0.2) is 48.8 Å². The summed E-state index contributed by atoms with van der Waals surface area (Å²) in [6, 6.07) is 10.3. The normalized spacial score (nSPS) is 24.1. The molecule has 0 saturated carbocycles. The third-order valence-electron chi connectivity index (χ3n) is 6.82. The predicted octanol–water partition coefficient (Wildman–Crippen LogP) is 1.43. The van der Waals surface area contributed by atoms with E-state index in [1.807, 2.05) is 6.92 Å². The van der Waals surface area contributed by atoms with Gasteiger partial charge in [-0.2, -0.15) is 10.2 Å². The molecule has 5 atom stereocenters. The Hall–Kier alpha value is -3.14. The van der Waals surface area contributed by atoms with Crippen LogP contribution in [0.4, 0.5) is 5.82 Å². The Balaban J connectivity index is 1.43. The molecule has 5 N–H and O–H groups in total. The molecule has 0 amide bonds. The fourth-order valence-corrected chi connectivity index (χ4v) is 6.04. The smallest absolute Gasteiger partial charge is 0.459 e. The van der Waals surface area contributed by atoms with Gasteiger partial charge in [0, 0.05) is 6.61 Å². The van der Waals surface area contributed by atoms with E-state index in [0.717, 1.165) is 0 Å². The van der Waals surface area contributed by atoms with Crippen molar-refractivity contribution in [3.8, 4) is 5.75 Å². The van der Waals surface area contributed by atoms with E-state index < -0.39 is 43.7 Å². The third-order valence-corrected chi connectivity index (χ3v) is 8.45. The average Bonchev–Trinajstić information content (AvgIpc) is 3.53. The van der Waals surface area contributed by atoms with Gasteiger partial charge in [-0.05, 0) is 45.0 Å². The lowest BCUT2D eigenvalue weighted by atomic mass is 9.86. The van der Waals surface area contributed by atoms with Crippen molar-refractivity contribution in [2.75, 3.05) is 52.0 Å². The zero-order chi connectivity index (χ0) is 31.1. The first-order chi connectivity index (χ1) is 20.5. The highest BCUT2D eigenvalue weighted by atomic mass is 31.2. The number of carbonyl (C=O) groups is 1. The van der Waals surface area contributed by atoms with Crippen LogP contribution in [0.25, 0.3) is 5.52 Å². The first kappa shape index (κ1) is 32.8. The van der Waals surface area contributed by atoms with Gasteiger partial charge in [-0.3, -0.25) is 9.32 Å². The van der Waals surface area contributed by atoms with Gasteiger partial charge in [-0.15, -0.1) is 0 Å². The van der Waals surface area contributed by atoms with Crippen molar-refractivity contribution < 1.29 is 47.6 Å². The molecule has 236 valence electrons. The summed E-state index contributed by atoms with van der Waals surface area (Å²) in [4.78, 5) is 16.5. The summed E-state index contributed by atoms with van der Waals surface area (Å²) < 4.78 is 48.3. The molecular formula is C27H38N5O10P. The fourth-order valence-electron chi connectivity index (χ4n) is 4.46. The molecule has 43 heavy (non-hydrogen) atoms. The van der Waals surface area contributed by atoms with E-state index in [2.05, 4.69) is 15.2 Å². The molecule has 4 rings (SSSR count). The Bertz CT molecular complexity index is 1410. The Morgan fingerprint density at radius 1 is 1.21 bits per heavy atom. The van der Waals surface area contributed by atoms with Gasteiger partial charge < -0.3 is 39.4 Å². The minimum Gasteiger partial charge on any atom is -0.462 e. The van der Waals surface area contributed by atoms with Crippen molar-refractivity contribution in [3.63, 3.8) is 0 Å². The average molecular weight is 624 g/mol. The van der Waals surface area contributed by atoms with E-state index in [0.29, 0.717) is 25.3 Å². The Morgan fingerprint density at radius 2 is 1.93 bits per heavy atom. The zero-order valence-electron chi connectivity index (χ0n) is 24.2. The first-order valence-electron chi connectivity index (χ1n) is 13.7. The number of nitrogen functional groups attached to an aromatic ring is 1. The quantitative estimate of drug-likeness (QED) is 0.101. The molecule has 0 spiro atoms. The number of aliphatic hydroxyl groups excluding tert-OH is 1. The maximum Gasteiger partial charge on any atom is 0.459 e. The lowest BCUT2D eigenvalue weighted by Crippen LogP contribution is -2.50. The van der Waals surface area contributed by atoms with Gasteiger partial charge in [0.15, 0.2) is 11.4 Å². The SMILES string of the molecule is CCOCCOCCOC(=O)[C@H](C)NP(=O)(OC[C@@]1(C)OC[C@](O)(c2ccc3c(N)ncnn23)[C@@H]1O)Oc1ccccc1. The van der Waals surface area contributed by atoms with Gasteiger partial charge in [-0.25, -0.2) is 14.1 Å². The van der Waals surface area contributed by atoms with Crippen molar-refractivity contribution in [2.45, 2.75) is 44.1 Å². The zero-order valence-corrected chi connectivity index (χ0v) is 25.1. The van der Waals surface area contributed by atoms with Crippen LogP contribution in [0.3, 0.4) is 0 Å². The Kier molecular flexibility index (Phi) is 10.7. The van der Waals surface area contributed by atoms with Crippen LogP contribution in [-0.4, -0.2) is 94.8 Å². The standard InChI is InChI=1S/C27H38N5O10P/c1-4-37-12-13-38-14-15-39-24(33)19(2)31-43(36,42-20-8-6-5-7-9-20)41-16-26(3)25(34)27(35,17-40-26)22-11-10-21-23(28)29-18-30-32(21)22/h5-11,18-19,25,34-35H,4,12-17H2,1-3H3,(H,31,36)(H2,28,29,30)/t19-,25+,26+,27-,43?/m0/s1. The highest BCUT2D eigenvalue weighted by molar-refractivity contribution is 7.52. The molecule has 15 nitrogen and oxygen atoms in total. The number of benzene rings is 1. The number of carbonyl (C=O) groups excluding carboxylic acids is 1. The second-order valence-electron chi connectivity index (χ2n) is 10.1. The van der Waals surface area contributed by atoms with E-state index in [-0.39, 0.29) is 37.1 Å². The number of hydrogen-bond donors (Lipinski definition) is 4. The number of para-hydroxylation sites is 1. The van der Waals surface area contributed by atoms with E-state index in [1.54, 1.807) is 42.5 Å². The molecule has 1 fully saturated rings. The van der Waals surface area contributed by atoms with Crippen LogP contribution in [0.2, 0.25) is 0 Å². The number of ether oxygens (including phenoxy) is 4. The molecule has 1 unspecified atom stereocenters. The summed E-state index contributed by atoms with van der Waals surface area (Å²) >= 11 is 0. The van der Waals surface area contributed by atoms with Crippen LogP contribution >= 0.6 is 7.75 Å². The number of esters is 1. The van der Waals surface area contributed by atoms with E-state index in [9.17, 15) is 19.6 Å². The van der Waals surface area contributed by atoms with E-state index >= 15 is 0 Å². The number of aromatic nitrogens is 3. The van der Waals surface area contributed by atoms with Gasteiger partial charge in [0.1, 0.15) is 41.9 Å². The number of nitrogens with zero attached hydrogens (tertiary/aromatic N) is 3. The van der Waals surface area contributed by atoms with Crippen molar-refractivity contribution in [1.82, 2.24) is 19.7 Å². The number of rotatable bonds is 16. The van der Waals surface area contributed by atoms with Gasteiger partial charge >= 0.3 is 13.7 Å². The molecule has 0 radical (unpaired) electrons. The molecule has 16 heteroatoms. The predicted molar refractivity (Wildman–Crippen MR) is 153 cm³/mol. The van der Waals surface area contributed by atoms with Gasteiger partial charge in [0.2, 0.25) is 0 Å². The topological polar surface area (TPSA) is 198 Å². The van der Waals surface area contributed by atoms with Crippen molar-refractivity contribution in [3.05, 3.63) is 54.5 Å². The highest BCUT2D eigenvalue weighted by Gasteiger charge is 2.58. The van der Waals surface area contributed by atoms with Crippen molar-refractivity contribution >= 4 is 25.1 Å². The molecule has 1 aromatic carbocycles. The second kappa shape index (κ2) is 14.1. The summed E-state index contributed by atoms with van der Waals surface area (Å²) in [5.74, 6) is -0.322. The first-order valence-corrected chi connectivity index (χ1v) is 15.3. The van der Waals surface area contributed by atoms with Crippen LogP contribution in [0.5, 0.6) is 5.75 Å². The molecule has 3 heterocycles. The molecule has 1 aliphatic heterocycles. The summed E-state index contributed by atoms with van der Waals surface area (Å²) in [6.07, 6.45) is -0.339. The summed E-state index contributed by atoms with van der Waals surface area (Å²) in [7, 11) is -4.29. The van der Waals surface area contributed by atoms with Crippen molar-refractivity contribution in [2.24, 2.45) is 0 Å². The van der Waals surface area contributed by atoms with Crippen LogP contribution in [0, 0.1) is 0 Å². The van der Waals surface area contributed by atoms with E-state index in [4.69, 9.17) is 33.7 Å². The maximum atomic E-state index is 13.9. The molecule has 0 bridgehead atoms. The summed E-state index contributed by atoms with van der Waals surface area (Å²) in [5, 5.41) is 29.6. The van der Waals surface area contributed by atoms with Crippen LogP contribution < -0.4 is 15.3 Å². The van der Waals surface area contributed by atoms with Gasteiger partial charge in [-0.1, -0.05) is 18.2 Å². The van der Waals surface area contributed by atoms with Crippen molar-refractivity contribution in [1.29, 1.82) is 0 Å². The lowest BCUT2D eigenvalue weighted by Gasteiger charge is -2.33. The third kappa shape index (κ3) is 7.69. The van der Waals surface area contributed by atoms with Crippen LogP contribution in [0.1, 0.15) is 26.5 Å². The molecule has 3 aromatic rings. The number of fused-ring (bicyclic) bond motifs is 1. The fraction of sp³-hybridized carbons (Fsp3) is 0.519. The van der Waals surface area contributed by atoms with Gasteiger partial charge in [0.05, 0.1) is 38.7 Å². The Labute approximate surface area is 248 Å². The number of nitrogens with two attached hydrogens (primary N) is 1. The Morgan fingerprint density at radius 3 is 2.67 bits per heavy atom. The molecule has 1 aliphatic rings. The van der Waals surface area contributed by atoms with Crippen LogP contribution in [-0.2, 0) is 38.4 Å². The van der Waals surface area contributed by atoms with E-state index in [1.165, 1.54) is 24.7 Å². The number of aliphatic hydroxyl groups is 2. The minimum atomic E-state index is -4.29. The maximum absolute atomic E-state index is 13.9. The summed E-state index contributed by atoms with van der Waals surface area (Å²) in [6.45, 7) is 5.48.